The van der Waals surface area contributed by atoms with Crippen molar-refractivity contribution in [3.63, 3.8) is 0 Å². The third-order valence-corrected chi connectivity index (χ3v) is 0.183. The summed E-state index contributed by atoms with van der Waals surface area (Å²) in [7, 11) is 0. The molecule has 0 aromatic heterocycles. The fourth-order valence-corrected chi connectivity index (χ4v) is 0. The Labute approximate surface area is 69.1 Å². The van der Waals surface area contributed by atoms with Crippen LogP contribution in [0, 0.1) is 0 Å². The van der Waals surface area contributed by atoms with E-state index in [1.54, 1.807) is 0 Å². The first kappa shape index (κ1) is 10.2. The van der Waals surface area contributed by atoms with Crippen molar-refractivity contribution in [2.45, 2.75) is 0 Å². The zero-order chi connectivity index (χ0) is 5.15. The molecule has 0 fully saturated rings. The molecule has 0 spiro atoms. The Morgan fingerprint density at radius 2 is 1.14 bits per heavy atom. The van der Waals surface area contributed by atoms with Crippen LogP contribution >= 0.6 is 0 Å². The van der Waals surface area contributed by atoms with E-state index < -0.39 is 11.9 Å². The molecule has 0 aliphatic carbocycles. The number of aliphatic carboxylic acids is 2. The van der Waals surface area contributed by atoms with E-state index >= 15 is 0 Å². The summed E-state index contributed by atoms with van der Waals surface area (Å²) in [6.45, 7) is 0. The van der Waals surface area contributed by atoms with Crippen molar-refractivity contribution >= 4 is 49.7 Å². The van der Waals surface area contributed by atoms with Crippen LogP contribution in [0.4, 0.5) is 0 Å². The fraction of sp³-hybridized carbons (Fsp3) is 0. The van der Waals surface area contributed by atoms with Crippen LogP contribution < -0.4 is 0 Å². The van der Waals surface area contributed by atoms with Crippen LogP contribution in [-0.2, 0) is 9.59 Å². The van der Waals surface area contributed by atoms with Crippen molar-refractivity contribution in [1.82, 2.24) is 0 Å². The molecule has 0 unspecified atom stereocenters. The van der Waals surface area contributed by atoms with Crippen LogP contribution in [-0.4, -0.2) is 59.9 Å². The van der Waals surface area contributed by atoms with Crippen molar-refractivity contribution in [1.29, 1.82) is 0 Å². The quantitative estimate of drug-likeness (QED) is 0.302. The van der Waals surface area contributed by atoms with Gasteiger partial charge >= 0.3 is 49.7 Å². The molecule has 0 aliphatic rings. The number of carboxylic acid groups (broad SMARTS) is 2. The van der Waals surface area contributed by atoms with Crippen molar-refractivity contribution in [3.8, 4) is 0 Å². The van der Waals surface area contributed by atoms with Gasteiger partial charge in [-0.3, -0.25) is 0 Å². The Bertz CT molecular complexity index is 75.7. The van der Waals surface area contributed by atoms with Gasteiger partial charge in [0.15, 0.2) is 0 Å². The average Bonchev–Trinajstić information content (AvgIpc) is 1.36. The summed E-state index contributed by atoms with van der Waals surface area (Å²) in [5.74, 6) is -3.65. The second-order valence-electron chi connectivity index (χ2n) is 0.610. The molecule has 0 bridgehead atoms. The molecule has 0 amide bonds. The Morgan fingerprint density at radius 3 is 1.14 bits per heavy atom. The predicted octanol–water partition coefficient (Wildman–Crippen LogP) is -1.76. The van der Waals surface area contributed by atoms with Gasteiger partial charge in [-0.25, -0.2) is 9.59 Å². The molecule has 0 saturated heterocycles. The van der Waals surface area contributed by atoms with Gasteiger partial charge < -0.3 is 10.2 Å². The van der Waals surface area contributed by atoms with Crippen LogP contribution in [0.15, 0.2) is 0 Å². The Kier molecular flexibility index (Phi) is 6.38. The summed E-state index contributed by atoms with van der Waals surface area (Å²) in [4.78, 5) is 18.2. The molecular weight excluding hydrogens is 128 g/mol. The first-order valence-corrected chi connectivity index (χ1v) is 1.11. The Balaban J connectivity index is 0. The van der Waals surface area contributed by atoms with Gasteiger partial charge in [0.25, 0.3) is 0 Å². The molecule has 0 saturated carbocycles. The molecule has 0 heterocycles. The van der Waals surface area contributed by atoms with Gasteiger partial charge in [0, 0.05) is 0 Å². The molecule has 0 radical (unpaired) electrons. The molecule has 0 atom stereocenters. The average molecular weight is 132 g/mol. The first-order chi connectivity index (χ1) is 2.64. The third kappa shape index (κ3) is 6.20. The van der Waals surface area contributed by atoms with Gasteiger partial charge in [0.05, 0.1) is 0 Å². The fourth-order valence-electron chi connectivity index (χ4n) is 0. The van der Waals surface area contributed by atoms with Crippen molar-refractivity contribution in [2.24, 2.45) is 0 Å². The SMILES string of the molecule is O=C(O)C(=O)O.[CaH2]. The minimum absolute atomic E-state index is 0. The first-order valence-electron chi connectivity index (χ1n) is 1.11. The summed E-state index contributed by atoms with van der Waals surface area (Å²) < 4.78 is 0. The summed E-state index contributed by atoms with van der Waals surface area (Å²) in [5.41, 5.74) is 0. The number of hydrogen-bond acceptors (Lipinski definition) is 2. The molecule has 4 nitrogen and oxygen atoms in total. The van der Waals surface area contributed by atoms with Crippen molar-refractivity contribution in [3.05, 3.63) is 0 Å². The van der Waals surface area contributed by atoms with Crippen molar-refractivity contribution < 1.29 is 19.8 Å². The van der Waals surface area contributed by atoms with Gasteiger partial charge in [0.2, 0.25) is 0 Å². The van der Waals surface area contributed by atoms with E-state index in [-0.39, 0.29) is 37.7 Å². The summed E-state index contributed by atoms with van der Waals surface area (Å²) in [6.07, 6.45) is 0. The predicted molar refractivity (Wildman–Crippen MR) is 23.8 cm³/mol. The number of hydrogen-bond donors (Lipinski definition) is 2. The zero-order valence-corrected chi connectivity index (χ0v) is 2.71. The second kappa shape index (κ2) is 4.36. The van der Waals surface area contributed by atoms with E-state index in [4.69, 9.17) is 19.8 Å². The molecule has 7 heavy (non-hydrogen) atoms. The number of rotatable bonds is 0. The summed E-state index contributed by atoms with van der Waals surface area (Å²) in [6, 6.07) is 0. The van der Waals surface area contributed by atoms with E-state index in [0.717, 1.165) is 0 Å². The van der Waals surface area contributed by atoms with E-state index in [2.05, 4.69) is 0 Å². The van der Waals surface area contributed by atoms with Crippen molar-refractivity contribution in [2.75, 3.05) is 0 Å². The van der Waals surface area contributed by atoms with Crippen LogP contribution in [0.25, 0.3) is 0 Å². The third-order valence-electron chi connectivity index (χ3n) is 0.183. The molecule has 5 heteroatoms. The van der Waals surface area contributed by atoms with E-state index in [9.17, 15) is 0 Å². The van der Waals surface area contributed by atoms with Gasteiger partial charge in [-0.15, -0.1) is 0 Å². The topological polar surface area (TPSA) is 74.6 Å². The molecule has 0 aromatic rings. The van der Waals surface area contributed by atoms with Gasteiger partial charge in [0.1, 0.15) is 0 Å². The van der Waals surface area contributed by atoms with E-state index in [1.807, 2.05) is 0 Å². The van der Waals surface area contributed by atoms with Gasteiger partial charge in [-0.1, -0.05) is 0 Å². The summed E-state index contributed by atoms with van der Waals surface area (Å²) >= 11 is 0. The molecule has 38 valence electrons. The second-order valence-corrected chi connectivity index (χ2v) is 0.610. The molecule has 2 N–H and O–H groups in total. The van der Waals surface area contributed by atoms with E-state index in [0.29, 0.717) is 0 Å². The maximum absolute atomic E-state index is 9.10. The zero-order valence-electron chi connectivity index (χ0n) is 2.71. The molecule has 0 aromatic carbocycles. The number of carboxylic acids is 2. The number of carbonyl (C=O) groups is 2. The molecule has 0 aliphatic heterocycles. The summed E-state index contributed by atoms with van der Waals surface area (Å²) in [5, 5.41) is 14.8. The minimum atomic E-state index is -1.82. The Morgan fingerprint density at radius 1 is 1.00 bits per heavy atom. The van der Waals surface area contributed by atoms with Crippen LogP contribution in [0.5, 0.6) is 0 Å². The maximum atomic E-state index is 9.10. The van der Waals surface area contributed by atoms with Crippen LogP contribution in [0.1, 0.15) is 0 Å². The standard InChI is InChI=1S/C2H2O4.Ca.2H/c3-1(4)2(5)6;;;/h(H,3,4)(H,5,6);;;. The Hall–Kier alpha value is 0.200. The van der Waals surface area contributed by atoms with Crippen LogP contribution in [0.2, 0.25) is 0 Å². The van der Waals surface area contributed by atoms with Gasteiger partial charge in [-0.2, -0.15) is 0 Å². The molecular formula is C2H4CaO4. The van der Waals surface area contributed by atoms with E-state index in [1.165, 1.54) is 0 Å². The molecule has 0 rings (SSSR count). The monoisotopic (exact) mass is 132 g/mol. The van der Waals surface area contributed by atoms with Gasteiger partial charge in [-0.05, 0) is 0 Å². The normalized spacial score (nSPS) is 6.29. The van der Waals surface area contributed by atoms with Crippen LogP contribution in [0.3, 0.4) is 0 Å².